The van der Waals surface area contributed by atoms with Gasteiger partial charge < -0.3 is 4.52 Å². The molecule has 4 heterocycles. The van der Waals surface area contributed by atoms with Crippen LogP contribution in [0.3, 0.4) is 0 Å². The second-order valence-electron chi connectivity index (χ2n) is 7.11. The summed E-state index contributed by atoms with van der Waals surface area (Å²) in [5, 5.41) is 14.8. The minimum absolute atomic E-state index is 0.222. The molecule has 4 aromatic heterocycles. The minimum atomic E-state index is -0.222. The fourth-order valence-electron chi connectivity index (χ4n) is 3.20. The van der Waals surface area contributed by atoms with Crippen molar-refractivity contribution in [1.29, 1.82) is 0 Å². The van der Waals surface area contributed by atoms with E-state index in [0.717, 1.165) is 22.9 Å². The number of nitrogens with zero attached hydrogens (tertiary/aromatic N) is 5. The molecule has 0 aliphatic carbocycles. The van der Waals surface area contributed by atoms with Gasteiger partial charge in [0.2, 0.25) is 0 Å². The number of H-pyrrole nitrogens is 2. The largest absolute Gasteiger partial charge is 0.334 e. The van der Waals surface area contributed by atoms with Crippen LogP contribution < -0.4 is 5.56 Å². The molecule has 0 aliphatic heterocycles. The Labute approximate surface area is 158 Å². The Morgan fingerprint density at radius 3 is 2.96 bits per heavy atom. The van der Waals surface area contributed by atoms with Crippen molar-refractivity contribution < 1.29 is 4.52 Å². The molecule has 2 N–H and O–H groups in total. The summed E-state index contributed by atoms with van der Waals surface area (Å²) in [6.45, 7) is 4.18. The Kier molecular flexibility index (Phi) is 3.61. The standard InChI is InChI=1S/C19H17N7O2/c1-10(2)5-16-23-19(28-25-16)13-9-21-26-17(27)7-15(22-18(13)26)11-3-4-14-12(6-11)8-20-24-14/h3-4,6-10,21H,5H2,1-2H3,(H,20,24). The SMILES string of the molecule is CC(C)Cc1noc(-c2c[nH]n3c(=O)cc(-c4ccc5[nH]ncc5c4)nc23)n1. The molecule has 0 saturated carbocycles. The Morgan fingerprint density at radius 2 is 2.11 bits per heavy atom. The van der Waals surface area contributed by atoms with E-state index in [1.165, 1.54) is 10.6 Å². The predicted molar refractivity (Wildman–Crippen MR) is 103 cm³/mol. The van der Waals surface area contributed by atoms with E-state index in [4.69, 9.17) is 4.52 Å². The van der Waals surface area contributed by atoms with Gasteiger partial charge in [0.1, 0.15) is 5.56 Å². The molecule has 0 spiro atoms. The zero-order valence-electron chi connectivity index (χ0n) is 15.3. The van der Waals surface area contributed by atoms with E-state index in [-0.39, 0.29) is 5.56 Å². The van der Waals surface area contributed by atoms with Crippen LogP contribution in [0.5, 0.6) is 0 Å². The van der Waals surface area contributed by atoms with Crippen molar-refractivity contribution in [2.45, 2.75) is 20.3 Å². The van der Waals surface area contributed by atoms with E-state index in [1.54, 1.807) is 12.4 Å². The highest BCUT2D eigenvalue weighted by Gasteiger charge is 2.17. The Balaban J connectivity index is 1.64. The molecule has 0 unspecified atom stereocenters. The van der Waals surface area contributed by atoms with Gasteiger partial charge in [-0.25, -0.2) is 9.50 Å². The van der Waals surface area contributed by atoms with Crippen molar-refractivity contribution in [3.05, 3.63) is 52.8 Å². The van der Waals surface area contributed by atoms with Crippen molar-refractivity contribution >= 4 is 16.6 Å². The van der Waals surface area contributed by atoms with Crippen LogP contribution in [0.25, 0.3) is 39.3 Å². The molecule has 0 aliphatic rings. The maximum atomic E-state index is 12.6. The number of benzene rings is 1. The summed E-state index contributed by atoms with van der Waals surface area (Å²) in [6.07, 6.45) is 4.11. The summed E-state index contributed by atoms with van der Waals surface area (Å²) >= 11 is 0. The molecule has 0 atom stereocenters. The van der Waals surface area contributed by atoms with E-state index >= 15 is 0 Å². The molecular formula is C19H17N7O2. The number of rotatable bonds is 4. The van der Waals surface area contributed by atoms with Crippen LogP contribution in [-0.4, -0.2) is 34.9 Å². The van der Waals surface area contributed by atoms with Crippen LogP contribution >= 0.6 is 0 Å². The first-order valence-electron chi connectivity index (χ1n) is 8.96. The monoisotopic (exact) mass is 375 g/mol. The van der Waals surface area contributed by atoms with Gasteiger partial charge in [-0.05, 0) is 18.1 Å². The summed E-state index contributed by atoms with van der Waals surface area (Å²) in [5.41, 5.74) is 3.12. The van der Waals surface area contributed by atoms with E-state index < -0.39 is 0 Å². The third-order valence-electron chi connectivity index (χ3n) is 4.52. The molecule has 1 aromatic carbocycles. The van der Waals surface area contributed by atoms with Crippen LogP contribution in [0.4, 0.5) is 0 Å². The van der Waals surface area contributed by atoms with Crippen molar-refractivity contribution in [3.63, 3.8) is 0 Å². The molecule has 5 rings (SSSR count). The number of nitrogens with one attached hydrogen (secondary N) is 2. The molecule has 0 radical (unpaired) electrons. The van der Waals surface area contributed by atoms with Crippen LogP contribution in [-0.2, 0) is 6.42 Å². The van der Waals surface area contributed by atoms with Crippen LogP contribution in [0.15, 0.2) is 46.0 Å². The zero-order chi connectivity index (χ0) is 19.3. The molecule has 0 bridgehead atoms. The van der Waals surface area contributed by atoms with Crippen molar-refractivity contribution in [1.82, 2.24) is 34.9 Å². The molecule has 0 amide bonds. The first kappa shape index (κ1) is 16.4. The maximum absolute atomic E-state index is 12.6. The molecule has 28 heavy (non-hydrogen) atoms. The predicted octanol–water partition coefficient (Wildman–Crippen LogP) is 2.81. The smallest absolute Gasteiger partial charge is 0.273 e. The quantitative estimate of drug-likeness (QED) is 0.499. The first-order valence-corrected chi connectivity index (χ1v) is 8.96. The van der Waals surface area contributed by atoms with Gasteiger partial charge in [-0.3, -0.25) is 15.0 Å². The van der Waals surface area contributed by atoms with Gasteiger partial charge in [-0.15, -0.1) is 0 Å². The second kappa shape index (κ2) is 6.15. The fourth-order valence-corrected chi connectivity index (χ4v) is 3.20. The van der Waals surface area contributed by atoms with Gasteiger partial charge >= 0.3 is 0 Å². The Hall–Kier alpha value is -3.75. The first-order chi connectivity index (χ1) is 13.6. The van der Waals surface area contributed by atoms with Crippen molar-refractivity contribution in [2.24, 2.45) is 5.92 Å². The lowest BCUT2D eigenvalue weighted by atomic mass is 10.1. The van der Waals surface area contributed by atoms with Gasteiger partial charge in [0.15, 0.2) is 11.5 Å². The lowest BCUT2D eigenvalue weighted by molar-refractivity contribution is 0.418. The summed E-state index contributed by atoms with van der Waals surface area (Å²) in [6, 6.07) is 7.25. The Morgan fingerprint density at radius 1 is 1.21 bits per heavy atom. The van der Waals surface area contributed by atoms with E-state index in [9.17, 15) is 4.79 Å². The fraction of sp³-hybridized carbons (Fsp3) is 0.211. The van der Waals surface area contributed by atoms with E-state index in [0.29, 0.717) is 34.5 Å². The highest BCUT2D eigenvalue weighted by molar-refractivity contribution is 5.84. The summed E-state index contributed by atoms with van der Waals surface area (Å²) < 4.78 is 6.76. The third kappa shape index (κ3) is 2.68. The molecular weight excluding hydrogens is 358 g/mol. The topological polar surface area (TPSA) is 118 Å². The van der Waals surface area contributed by atoms with Crippen LogP contribution in [0.1, 0.15) is 19.7 Å². The van der Waals surface area contributed by atoms with Crippen LogP contribution in [0.2, 0.25) is 0 Å². The van der Waals surface area contributed by atoms with Crippen molar-refractivity contribution in [2.75, 3.05) is 0 Å². The van der Waals surface area contributed by atoms with Crippen molar-refractivity contribution in [3.8, 4) is 22.7 Å². The van der Waals surface area contributed by atoms with Gasteiger partial charge in [0, 0.05) is 29.6 Å². The number of fused-ring (bicyclic) bond motifs is 2. The number of hydrogen-bond acceptors (Lipinski definition) is 6. The molecule has 5 aromatic rings. The Bertz CT molecular complexity index is 1360. The minimum Gasteiger partial charge on any atom is -0.334 e. The molecule has 0 saturated heterocycles. The van der Waals surface area contributed by atoms with Gasteiger partial charge in [0.05, 0.1) is 17.4 Å². The molecule has 9 heteroatoms. The molecule has 0 fully saturated rings. The summed E-state index contributed by atoms with van der Waals surface area (Å²) in [7, 11) is 0. The highest BCUT2D eigenvalue weighted by atomic mass is 16.5. The molecule has 9 nitrogen and oxygen atoms in total. The van der Waals surface area contributed by atoms with E-state index in [2.05, 4.69) is 44.3 Å². The normalized spacial score (nSPS) is 11.8. The lowest BCUT2D eigenvalue weighted by Gasteiger charge is -2.02. The van der Waals surface area contributed by atoms with Gasteiger partial charge in [-0.2, -0.15) is 10.1 Å². The van der Waals surface area contributed by atoms with Gasteiger partial charge in [-0.1, -0.05) is 25.1 Å². The number of aromatic amines is 2. The maximum Gasteiger partial charge on any atom is 0.273 e. The van der Waals surface area contributed by atoms with E-state index in [1.807, 2.05) is 18.2 Å². The van der Waals surface area contributed by atoms with Gasteiger partial charge in [0.25, 0.3) is 11.4 Å². The average molecular weight is 375 g/mol. The summed E-state index contributed by atoms with van der Waals surface area (Å²) in [5.74, 6) is 1.38. The highest BCUT2D eigenvalue weighted by Crippen LogP contribution is 2.25. The third-order valence-corrected chi connectivity index (χ3v) is 4.52. The summed E-state index contributed by atoms with van der Waals surface area (Å²) in [4.78, 5) is 21.7. The average Bonchev–Trinajstić information content (AvgIpc) is 3.39. The lowest BCUT2D eigenvalue weighted by Crippen LogP contribution is -2.14. The number of hydrogen-bond donors (Lipinski definition) is 2. The van der Waals surface area contributed by atoms with Crippen LogP contribution in [0, 0.1) is 5.92 Å². The zero-order valence-corrected chi connectivity index (χ0v) is 15.3. The number of aromatic nitrogens is 7. The molecule has 140 valence electrons. The second-order valence-corrected chi connectivity index (χ2v) is 7.11.